The van der Waals surface area contributed by atoms with Crippen molar-refractivity contribution in [3.8, 4) is 0 Å². The van der Waals surface area contributed by atoms with E-state index in [1.807, 2.05) is 19.2 Å². The van der Waals surface area contributed by atoms with Crippen molar-refractivity contribution in [3.63, 3.8) is 0 Å². The number of carbonyl (C=O) groups is 1. The molecule has 2 rings (SSSR count). The second kappa shape index (κ2) is 5.01. The van der Waals surface area contributed by atoms with E-state index in [1.54, 1.807) is 0 Å². The van der Waals surface area contributed by atoms with Crippen LogP contribution in [0, 0.1) is 0 Å². The first-order valence-corrected chi connectivity index (χ1v) is 5.64. The zero-order valence-electron chi connectivity index (χ0n) is 9.81. The van der Waals surface area contributed by atoms with Crippen LogP contribution in [0.3, 0.4) is 0 Å². The van der Waals surface area contributed by atoms with E-state index < -0.39 is 5.97 Å². The monoisotopic (exact) mass is 232 g/mol. The molecule has 1 aromatic heterocycles. The lowest BCUT2D eigenvalue weighted by Gasteiger charge is -2.04. The lowest BCUT2D eigenvalue weighted by molar-refractivity contribution is -0.135. The maximum Gasteiger partial charge on any atom is 0.317 e. The van der Waals surface area contributed by atoms with Gasteiger partial charge in [0.1, 0.15) is 0 Å². The van der Waals surface area contributed by atoms with E-state index in [0.717, 1.165) is 6.42 Å². The minimum Gasteiger partial charge on any atom is -0.480 e. The fourth-order valence-corrected chi connectivity index (χ4v) is 2.00. The average molecular weight is 232 g/mol. The molecule has 1 heterocycles. The second-order valence-corrected chi connectivity index (χ2v) is 4.07. The molecule has 0 saturated heterocycles. The van der Waals surface area contributed by atoms with Gasteiger partial charge in [0.25, 0.3) is 0 Å². The summed E-state index contributed by atoms with van der Waals surface area (Å²) >= 11 is 0. The van der Waals surface area contributed by atoms with Crippen molar-refractivity contribution in [3.05, 3.63) is 36.0 Å². The van der Waals surface area contributed by atoms with Crippen LogP contribution in [0.2, 0.25) is 0 Å². The van der Waals surface area contributed by atoms with Crippen LogP contribution in [-0.2, 0) is 18.3 Å². The number of benzene rings is 1. The fraction of sp³-hybridized carbons (Fsp3) is 0.308. The minimum atomic E-state index is -0.818. The number of carboxylic acids is 1. The van der Waals surface area contributed by atoms with E-state index in [9.17, 15) is 4.79 Å². The number of nitrogens with one attached hydrogen (secondary N) is 1. The molecular weight excluding hydrogens is 216 g/mol. The van der Waals surface area contributed by atoms with Crippen molar-refractivity contribution < 1.29 is 9.90 Å². The summed E-state index contributed by atoms with van der Waals surface area (Å²) in [4.78, 5) is 10.4. The average Bonchev–Trinajstić information content (AvgIpc) is 2.63. The Morgan fingerprint density at radius 2 is 2.18 bits per heavy atom. The molecular formula is C13H16N2O2. The summed E-state index contributed by atoms with van der Waals surface area (Å²) in [7, 11) is 2.04. The zero-order chi connectivity index (χ0) is 12.3. The van der Waals surface area contributed by atoms with Crippen LogP contribution in [0.1, 0.15) is 5.69 Å². The first kappa shape index (κ1) is 11.7. The topological polar surface area (TPSA) is 54.3 Å². The van der Waals surface area contributed by atoms with E-state index in [0.29, 0.717) is 6.54 Å². The predicted molar refractivity (Wildman–Crippen MR) is 67.1 cm³/mol. The Morgan fingerprint density at radius 1 is 1.41 bits per heavy atom. The summed E-state index contributed by atoms with van der Waals surface area (Å²) < 4.78 is 2.15. The van der Waals surface area contributed by atoms with Crippen molar-refractivity contribution in [2.75, 3.05) is 13.1 Å². The van der Waals surface area contributed by atoms with E-state index in [4.69, 9.17) is 5.11 Å². The molecule has 4 heteroatoms. The van der Waals surface area contributed by atoms with Gasteiger partial charge >= 0.3 is 5.97 Å². The van der Waals surface area contributed by atoms with E-state index in [2.05, 4.69) is 28.1 Å². The molecule has 2 N–H and O–H groups in total. The first-order chi connectivity index (χ1) is 8.18. The van der Waals surface area contributed by atoms with Gasteiger partial charge in [0.05, 0.1) is 6.54 Å². The van der Waals surface area contributed by atoms with Crippen LogP contribution >= 0.6 is 0 Å². The Bertz CT molecular complexity index is 531. The standard InChI is InChI=1S/C13H16N2O2/c1-15-11(6-7-14-9-13(16)17)8-10-4-2-3-5-12(10)15/h2-5,8,14H,6-7,9H2,1H3,(H,16,17). The Balaban J connectivity index is 2.04. The van der Waals surface area contributed by atoms with Crippen molar-refractivity contribution in [2.45, 2.75) is 6.42 Å². The van der Waals surface area contributed by atoms with Crippen LogP contribution in [-0.4, -0.2) is 28.7 Å². The van der Waals surface area contributed by atoms with Crippen LogP contribution in [0.4, 0.5) is 0 Å². The van der Waals surface area contributed by atoms with Crippen LogP contribution in [0.5, 0.6) is 0 Å². The lowest BCUT2D eigenvalue weighted by atomic mass is 10.2. The van der Waals surface area contributed by atoms with E-state index >= 15 is 0 Å². The van der Waals surface area contributed by atoms with E-state index in [1.165, 1.54) is 16.6 Å². The molecule has 0 aliphatic carbocycles. The highest BCUT2D eigenvalue weighted by molar-refractivity contribution is 5.81. The maximum atomic E-state index is 10.4. The number of nitrogens with zero attached hydrogens (tertiary/aromatic N) is 1. The van der Waals surface area contributed by atoms with Gasteiger partial charge in [0.15, 0.2) is 0 Å². The van der Waals surface area contributed by atoms with Crippen LogP contribution < -0.4 is 5.32 Å². The summed E-state index contributed by atoms with van der Waals surface area (Å²) in [6.45, 7) is 0.695. The Hall–Kier alpha value is -1.81. The normalized spacial score (nSPS) is 10.9. The number of hydrogen-bond acceptors (Lipinski definition) is 2. The predicted octanol–water partition coefficient (Wildman–Crippen LogP) is 1.39. The molecule has 2 aromatic rings. The number of hydrogen-bond donors (Lipinski definition) is 2. The molecule has 0 aliphatic rings. The van der Waals surface area contributed by atoms with Gasteiger partial charge in [-0.05, 0) is 17.5 Å². The minimum absolute atomic E-state index is 0.0178. The Morgan fingerprint density at radius 3 is 2.88 bits per heavy atom. The highest BCUT2D eigenvalue weighted by Gasteiger charge is 2.04. The number of fused-ring (bicyclic) bond motifs is 1. The number of aromatic nitrogens is 1. The maximum absolute atomic E-state index is 10.4. The summed E-state index contributed by atoms with van der Waals surface area (Å²) in [5.41, 5.74) is 2.42. The summed E-state index contributed by atoms with van der Waals surface area (Å²) in [6, 6.07) is 10.4. The quantitative estimate of drug-likeness (QED) is 0.766. The van der Waals surface area contributed by atoms with Gasteiger partial charge < -0.3 is 15.0 Å². The Labute approximate surface area is 99.9 Å². The van der Waals surface area contributed by atoms with Crippen LogP contribution in [0.15, 0.2) is 30.3 Å². The SMILES string of the molecule is Cn1c(CCNCC(=O)O)cc2ccccc21. The molecule has 0 radical (unpaired) electrons. The van der Waals surface area contributed by atoms with Gasteiger partial charge in [-0.3, -0.25) is 4.79 Å². The Kier molecular flexibility index (Phi) is 3.44. The van der Waals surface area contributed by atoms with Crippen molar-refractivity contribution >= 4 is 16.9 Å². The molecule has 0 amide bonds. The molecule has 17 heavy (non-hydrogen) atoms. The fourth-order valence-electron chi connectivity index (χ4n) is 2.00. The highest BCUT2D eigenvalue weighted by atomic mass is 16.4. The number of rotatable bonds is 5. The van der Waals surface area contributed by atoms with Crippen molar-refractivity contribution in [2.24, 2.45) is 7.05 Å². The molecule has 0 unspecified atom stereocenters. The number of para-hydroxylation sites is 1. The van der Waals surface area contributed by atoms with Gasteiger partial charge in [-0.15, -0.1) is 0 Å². The van der Waals surface area contributed by atoms with Gasteiger partial charge in [0.2, 0.25) is 0 Å². The van der Waals surface area contributed by atoms with Gasteiger partial charge in [0, 0.05) is 31.2 Å². The summed E-state index contributed by atoms with van der Waals surface area (Å²) in [6.07, 6.45) is 0.832. The molecule has 0 aliphatic heterocycles. The van der Waals surface area contributed by atoms with Gasteiger partial charge in [-0.25, -0.2) is 0 Å². The van der Waals surface area contributed by atoms with E-state index in [-0.39, 0.29) is 6.54 Å². The molecule has 4 nitrogen and oxygen atoms in total. The second-order valence-electron chi connectivity index (χ2n) is 4.07. The summed E-state index contributed by atoms with van der Waals surface area (Å²) in [5.74, 6) is -0.818. The largest absolute Gasteiger partial charge is 0.480 e. The number of carboxylic acid groups (broad SMARTS) is 1. The third-order valence-corrected chi connectivity index (χ3v) is 2.89. The number of aryl methyl sites for hydroxylation is 1. The summed E-state index contributed by atoms with van der Waals surface area (Å²) in [5, 5.41) is 12.6. The molecule has 90 valence electrons. The first-order valence-electron chi connectivity index (χ1n) is 5.64. The number of aliphatic carboxylic acids is 1. The molecule has 0 bridgehead atoms. The molecule has 0 fully saturated rings. The molecule has 0 spiro atoms. The van der Waals surface area contributed by atoms with Crippen molar-refractivity contribution in [1.82, 2.24) is 9.88 Å². The lowest BCUT2D eigenvalue weighted by Crippen LogP contribution is -2.25. The molecule has 0 atom stereocenters. The van der Waals surface area contributed by atoms with Crippen LogP contribution in [0.25, 0.3) is 10.9 Å². The van der Waals surface area contributed by atoms with Gasteiger partial charge in [-0.1, -0.05) is 18.2 Å². The third kappa shape index (κ3) is 2.65. The van der Waals surface area contributed by atoms with Gasteiger partial charge in [-0.2, -0.15) is 0 Å². The third-order valence-electron chi connectivity index (χ3n) is 2.89. The molecule has 0 saturated carbocycles. The highest BCUT2D eigenvalue weighted by Crippen LogP contribution is 2.18. The zero-order valence-corrected chi connectivity index (χ0v) is 9.81. The van der Waals surface area contributed by atoms with Crippen molar-refractivity contribution in [1.29, 1.82) is 0 Å². The smallest absolute Gasteiger partial charge is 0.317 e. The molecule has 1 aromatic carbocycles.